The zero-order valence-electron chi connectivity index (χ0n) is 26.0. The van der Waals surface area contributed by atoms with Gasteiger partial charge in [-0.3, -0.25) is 9.97 Å². The van der Waals surface area contributed by atoms with Crippen LogP contribution in [-0.2, 0) is 0 Å². The Kier molecular flexibility index (Phi) is 6.76. The van der Waals surface area contributed by atoms with E-state index in [0.717, 1.165) is 89.1 Å². The van der Waals surface area contributed by atoms with Crippen molar-refractivity contribution >= 4 is 44.3 Å². The van der Waals surface area contributed by atoms with Gasteiger partial charge in [0.1, 0.15) is 0 Å². The first-order chi connectivity index (χ1) is 23.8. The minimum absolute atomic E-state index is 0.879. The molecule has 0 atom stereocenters. The van der Waals surface area contributed by atoms with Crippen LogP contribution in [0.25, 0.3) is 44.1 Å². The topological polar surface area (TPSA) is 50.5 Å². The van der Waals surface area contributed by atoms with Crippen LogP contribution in [0.15, 0.2) is 180 Å². The number of rotatable bonds is 4. The summed E-state index contributed by atoms with van der Waals surface area (Å²) < 4.78 is 0. The molecule has 8 aromatic rings. The quantitative estimate of drug-likeness (QED) is 0.199. The maximum Gasteiger partial charge on any atom is 0.0803 e. The van der Waals surface area contributed by atoms with Gasteiger partial charge in [-0.2, -0.15) is 0 Å². The van der Waals surface area contributed by atoms with Crippen LogP contribution in [0.2, 0.25) is 0 Å². The number of benzene rings is 6. The normalized spacial score (nSPS) is 14.6. The molecule has 0 amide bonds. The Morgan fingerprint density at radius 1 is 0.312 bits per heavy atom. The van der Waals surface area contributed by atoms with E-state index in [1.54, 1.807) is 0 Å². The molecule has 6 aromatic carbocycles. The van der Waals surface area contributed by atoms with Crippen LogP contribution in [0.5, 0.6) is 0 Å². The van der Waals surface area contributed by atoms with Crippen molar-refractivity contribution in [3.63, 3.8) is 0 Å². The van der Waals surface area contributed by atoms with Crippen molar-refractivity contribution in [1.82, 2.24) is 9.97 Å². The van der Waals surface area contributed by atoms with Crippen molar-refractivity contribution in [2.75, 3.05) is 0 Å². The summed E-state index contributed by atoms with van der Waals surface area (Å²) in [4.78, 5) is 20.2. The highest BCUT2D eigenvalue weighted by Gasteiger charge is 2.22. The van der Waals surface area contributed by atoms with E-state index < -0.39 is 0 Å². The van der Waals surface area contributed by atoms with Gasteiger partial charge in [-0.25, -0.2) is 9.98 Å². The molecule has 3 heterocycles. The molecular weight excluding hydrogens is 585 g/mol. The minimum atomic E-state index is 0.879. The van der Waals surface area contributed by atoms with Crippen LogP contribution in [0.4, 0.5) is 11.4 Å². The van der Waals surface area contributed by atoms with Gasteiger partial charge in [0.25, 0.3) is 0 Å². The van der Waals surface area contributed by atoms with E-state index in [1.807, 2.05) is 48.8 Å². The first-order valence-electron chi connectivity index (χ1n) is 16.0. The van der Waals surface area contributed by atoms with E-state index in [2.05, 4.69) is 131 Å². The highest BCUT2D eigenvalue weighted by Crippen LogP contribution is 2.38. The molecule has 0 spiro atoms. The molecule has 0 aliphatic carbocycles. The van der Waals surface area contributed by atoms with E-state index in [0.29, 0.717) is 0 Å². The highest BCUT2D eigenvalue weighted by molar-refractivity contribution is 6.24. The van der Waals surface area contributed by atoms with Gasteiger partial charge >= 0.3 is 0 Å². The molecule has 9 rings (SSSR count). The van der Waals surface area contributed by atoms with Gasteiger partial charge in [-0.05, 0) is 70.1 Å². The Morgan fingerprint density at radius 3 is 1.04 bits per heavy atom. The number of hydrogen-bond acceptors (Lipinski definition) is 4. The molecule has 0 radical (unpaired) electrons. The predicted octanol–water partition coefficient (Wildman–Crippen LogP) is 10.8. The number of fused-ring (bicyclic) bond motifs is 4. The molecule has 0 fully saturated rings. The molecule has 2 aromatic heterocycles. The molecule has 0 saturated carbocycles. The zero-order chi connectivity index (χ0) is 31.9. The van der Waals surface area contributed by atoms with Crippen LogP contribution in [0.1, 0.15) is 22.3 Å². The summed E-state index contributed by atoms with van der Waals surface area (Å²) in [6.45, 7) is 0. The molecular formula is C44H28N4. The predicted molar refractivity (Wildman–Crippen MR) is 198 cm³/mol. The van der Waals surface area contributed by atoms with Crippen LogP contribution < -0.4 is 0 Å². The van der Waals surface area contributed by atoms with Crippen LogP contribution >= 0.6 is 0 Å². The SMILES string of the molecule is c1ccc(-c2ccc(/C3=N/c4cc5ccccc5cc4/C(c4ccc(-c5ccccn5)cc4)=N\c4cc5ccccc5cc43)cc2)nc1. The number of nitrogens with zero attached hydrogens (tertiary/aromatic N) is 4. The van der Waals surface area contributed by atoms with Gasteiger partial charge < -0.3 is 0 Å². The summed E-state index contributed by atoms with van der Waals surface area (Å²) in [7, 11) is 0. The number of pyridine rings is 2. The van der Waals surface area contributed by atoms with Crippen molar-refractivity contribution in [2.45, 2.75) is 0 Å². The van der Waals surface area contributed by atoms with Gasteiger partial charge in [-0.1, -0.05) is 109 Å². The Hall–Kier alpha value is -6.52. The average molecular weight is 613 g/mol. The summed E-state index contributed by atoms with van der Waals surface area (Å²) in [5.74, 6) is 0. The Morgan fingerprint density at radius 2 is 0.667 bits per heavy atom. The summed E-state index contributed by atoms with van der Waals surface area (Å²) in [5, 5.41) is 4.55. The van der Waals surface area contributed by atoms with E-state index in [9.17, 15) is 0 Å². The van der Waals surface area contributed by atoms with E-state index in [4.69, 9.17) is 9.98 Å². The molecule has 0 bridgehead atoms. The second-order valence-corrected chi connectivity index (χ2v) is 11.9. The lowest BCUT2D eigenvalue weighted by atomic mass is 9.92. The smallest absolute Gasteiger partial charge is 0.0803 e. The molecule has 0 N–H and O–H groups in total. The lowest BCUT2D eigenvalue weighted by molar-refractivity contribution is 1.32. The van der Waals surface area contributed by atoms with E-state index >= 15 is 0 Å². The van der Waals surface area contributed by atoms with E-state index in [-0.39, 0.29) is 0 Å². The van der Waals surface area contributed by atoms with Gasteiger partial charge in [0.2, 0.25) is 0 Å². The molecule has 224 valence electrons. The summed E-state index contributed by atoms with van der Waals surface area (Å²) in [6.07, 6.45) is 3.65. The third kappa shape index (κ3) is 5.06. The third-order valence-corrected chi connectivity index (χ3v) is 8.94. The number of hydrogen-bond donors (Lipinski definition) is 0. The Bertz CT molecular complexity index is 2340. The molecule has 4 heteroatoms. The van der Waals surface area contributed by atoms with E-state index in [1.165, 1.54) is 0 Å². The summed E-state index contributed by atoms with van der Waals surface area (Å²) in [6, 6.07) is 54.8. The fourth-order valence-electron chi connectivity index (χ4n) is 6.49. The zero-order valence-corrected chi connectivity index (χ0v) is 26.0. The fourth-order valence-corrected chi connectivity index (χ4v) is 6.49. The summed E-state index contributed by atoms with van der Waals surface area (Å²) >= 11 is 0. The molecule has 0 saturated heterocycles. The molecule has 1 aliphatic rings. The minimum Gasteiger partial charge on any atom is -0.256 e. The maximum atomic E-state index is 5.52. The Balaban J connectivity index is 1.29. The lowest BCUT2D eigenvalue weighted by Gasteiger charge is -2.20. The molecule has 4 nitrogen and oxygen atoms in total. The van der Waals surface area contributed by atoms with Crippen LogP contribution in [0.3, 0.4) is 0 Å². The van der Waals surface area contributed by atoms with Crippen molar-refractivity contribution in [1.29, 1.82) is 0 Å². The number of aliphatic imine (C=N–C) groups is 2. The summed E-state index contributed by atoms with van der Waals surface area (Å²) in [5.41, 5.74) is 11.5. The Labute approximate surface area is 278 Å². The first-order valence-corrected chi connectivity index (χ1v) is 16.0. The monoisotopic (exact) mass is 612 g/mol. The van der Waals surface area contributed by atoms with Gasteiger partial charge in [0.15, 0.2) is 0 Å². The lowest BCUT2D eigenvalue weighted by Crippen LogP contribution is -2.10. The van der Waals surface area contributed by atoms with Gasteiger partial charge in [0.05, 0.1) is 34.2 Å². The largest absolute Gasteiger partial charge is 0.256 e. The van der Waals surface area contributed by atoms with Gasteiger partial charge in [0, 0.05) is 45.8 Å². The van der Waals surface area contributed by atoms with Crippen LogP contribution in [-0.4, -0.2) is 21.4 Å². The van der Waals surface area contributed by atoms with Crippen molar-refractivity contribution in [3.05, 3.63) is 192 Å². The second-order valence-electron chi connectivity index (χ2n) is 11.9. The van der Waals surface area contributed by atoms with Crippen molar-refractivity contribution in [3.8, 4) is 22.5 Å². The highest BCUT2D eigenvalue weighted by atomic mass is 14.8. The molecule has 48 heavy (non-hydrogen) atoms. The fraction of sp³-hybridized carbons (Fsp3) is 0. The molecule has 1 aliphatic heterocycles. The van der Waals surface area contributed by atoms with Crippen molar-refractivity contribution < 1.29 is 0 Å². The van der Waals surface area contributed by atoms with Gasteiger partial charge in [-0.15, -0.1) is 0 Å². The second kappa shape index (κ2) is 11.7. The third-order valence-electron chi connectivity index (χ3n) is 8.94. The van der Waals surface area contributed by atoms with Crippen molar-refractivity contribution in [2.24, 2.45) is 9.98 Å². The van der Waals surface area contributed by atoms with Crippen LogP contribution in [0, 0.1) is 0 Å². The molecule has 0 unspecified atom stereocenters. The average Bonchev–Trinajstić information content (AvgIpc) is 3.16. The first kappa shape index (κ1) is 27.8. The number of aromatic nitrogens is 2. The standard InChI is InChI=1S/C44H28N4/c1-3-11-35-27-41-37(25-33(35)9-1)43(31-19-15-29(16-20-31)39-13-5-7-23-45-39)48-42-28-36-12-4-2-10-34(36)26-38(42)44(47-41)32-21-17-30(18-22-32)40-14-6-8-24-46-40/h1-28H/b43-37?,44-38?,47-41?,47-44-,48-42?,48-43-. The maximum absolute atomic E-state index is 5.52.